The van der Waals surface area contributed by atoms with E-state index in [9.17, 15) is 9.59 Å². The summed E-state index contributed by atoms with van der Waals surface area (Å²) < 4.78 is 0. The first-order valence-corrected chi connectivity index (χ1v) is 10.8. The van der Waals surface area contributed by atoms with E-state index in [0.717, 1.165) is 34.9 Å². The van der Waals surface area contributed by atoms with E-state index >= 15 is 0 Å². The molecule has 150 valence electrons. The molecule has 1 saturated carbocycles. The van der Waals surface area contributed by atoms with Crippen molar-refractivity contribution in [3.63, 3.8) is 0 Å². The van der Waals surface area contributed by atoms with Crippen LogP contribution in [0.25, 0.3) is 0 Å². The third kappa shape index (κ3) is 4.37. The van der Waals surface area contributed by atoms with Gasteiger partial charge in [0, 0.05) is 18.2 Å². The third-order valence-electron chi connectivity index (χ3n) is 5.38. The zero-order valence-corrected chi connectivity index (χ0v) is 17.8. The average Bonchev–Trinajstić information content (AvgIpc) is 3.46. The van der Waals surface area contributed by atoms with Crippen LogP contribution in [0.15, 0.2) is 47.5 Å². The average molecular weight is 408 g/mol. The first kappa shape index (κ1) is 19.7. The number of amides is 2. The van der Waals surface area contributed by atoms with Crippen LogP contribution in [0, 0.1) is 20.8 Å². The molecule has 2 aromatic carbocycles. The number of hydrogen-bond acceptors (Lipinski definition) is 4. The lowest BCUT2D eigenvalue weighted by Crippen LogP contribution is -2.35. The van der Waals surface area contributed by atoms with E-state index in [1.807, 2.05) is 54.3 Å². The lowest BCUT2D eigenvalue weighted by atomic mass is 10.1. The van der Waals surface area contributed by atoms with Crippen LogP contribution >= 0.6 is 11.8 Å². The summed E-state index contributed by atoms with van der Waals surface area (Å²) >= 11 is 1.41. The SMILES string of the molecule is Cc1ccc(N=C2S[C@@H](CC(=O)Nc3ccccc3C)C(=O)N2C2CC2)cc1C. The van der Waals surface area contributed by atoms with E-state index in [-0.39, 0.29) is 24.3 Å². The van der Waals surface area contributed by atoms with Crippen LogP contribution in [0.3, 0.4) is 0 Å². The number of hydrogen-bond donors (Lipinski definition) is 1. The Balaban J connectivity index is 1.51. The maximum atomic E-state index is 13.0. The molecule has 6 heteroatoms. The molecule has 0 radical (unpaired) electrons. The largest absolute Gasteiger partial charge is 0.326 e. The Morgan fingerprint density at radius 3 is 2.55 bits per heavy atom. The standard InChI is InChI=1S/C23H25N3O2S/c1-14-8-9-17(12-16(14)3)24-23-26(18-10-11-18)22(28)20(29-23)13-21(27)25-19-7-5-4-6-15(19)2/h4-9,12,18,20H,10-11,13H2,1-3H3,(H,25,27)/t20-/m0/s1. The van der Waals surface area contributed by atoms with Crippen molar-refractivity contribution in [3.8, 4) is 0 Å². The molecule has 1 aliphatic carbocycles. The Hall–Kier alpha value is -2.60. The van der Waals surface area contributed by atoms with Gasteiger partial charge < -0.3 is 5.32 Å². The molecular weight excluding hydrogens is 382 g/mol. The van der Waals surface area contributed by atoms with Gasteiger partial charge in [-0.25, -0.2) is 4.99 Å². The molecule has 0 spiro atoms. The van der Waals surface area contributed by atoms with E-state index < -0.39 is 5.25 Å². The highest BCUT2D eigenvalue weighted by Crippen LogP contribution is 2.39. The maximum absolute atomic E-state index is 13.0. The molecule has 0 aromatic heterocycles. The maximum Gasteiger partial charge on any atom is 0.242 e. The number of carbonyl (C=O) groups is 2. The molecule has 2 aromatic rings. The highest BCUT2D eigenvalue weighted by atomic mass is 32.2. The van der Waals surface area contributed by atoms with Crippen LogP contribution in [0.4, 0.5) is 11.4 Å². The summed E-state index contributed by atoms with van der Waals surface area (Å²) in [6.45, 7) is 6.08. The first-order chi connectivity index (χ1) is 13.9. The lowest BCUT2D eigenvalue weighted by Gasteiger charge is -2.15. The molecule has 2 aliphatic rings. The lowest BCUT2D eigenvalue weighted by molar-refractivity contribution is -0.128. The summed E-state index contributed by atoms with van der Waals surface area (Å²) in [5.74, 6) is -0.145. The van der Waals surface area contributed by atoms with Crippen molar-refractivity contribution in [1.29, 1.82) is 0 Å². The Labute approximate surface area is 175 Å². The van der Waals surface area contributed by atoms with Gasteiger partial charge in [-0.3, -0.25) is 14.5 Å². The fourth-order valence-corrected chi connectivity index (χ4v) is 4.56. The normalized spacial score (nSPS) is 20.4. The molecular formula is C23H25N3O2S. The predicted octanol–water partition coefficient (Wildman–Crippen LogP) is 4.73. The van der Waals surface area contributed by atoms with Gasteiger partial charge in [0.15, 0.2) is 5.17 Å². The summed E-state index contributed by atoms with van der Waals surface area (Å²) in [5.41, 5.74) is 5.03. The minimum absolute atomic E-state index is 0.0000160. The molecule has 2 amide bonds. The second-order valence-electron chi connectivity index (χ2n) is 7.78. The highest BCUT2D eigenvalue weighted by molar-refractivity contribution is 8.15. The van der Waals surface area contributed by atoms with Crippen molar-refractivity contribution in [2.45, 2.75) is 51.3 Å². The predicted molar refractivity (Wildman–Crippen MR) is 119 cm³/mol. The van der Waals surface area contributed by atoms with Gasteiger partial charge in [0.05, 0.1) is 5.69 Å². The molecule has 4 rings (SSSR count). The molecule has 1 saturated heterocycles. The van der Waals surface area contributed by atoms with Crippen molar-refractivity contribution in [1.82, 2.24) is 4.90 Å². The zero-order chi connectivity index (χ0) is 20.5. The molecule has 1 atom stereocenters. The van der Waals surface area contributed by atoms with Gasteiger partial charge in [-0.05, 0) is 68.5 Å². The van der Waals surface area contributed by atoms with Gasteiger partial charge >= 0.3 is 0 Å². The number of nitrogens with one attached hydrogen (secondary N) is 1. The number of nitrogens with zero attached hydrogens (tertiary/aromatic N) is 2. The van der Waals surface area contributed by atoms with E-state index in [1.54, 1.807) is 0 Å². The number of carbonyl (C=O) groups excluding carboxylic acids is 2. The quantitative estimate of drug-likeness (QED) is 0.779. The summed E-state index contributed by atoms with van der Waals surface area (Å²) in [4.78, 5) is 32.2. The molecule has 0 bridgehead atoms. The first-order valence-electron chi connectivity index (χ1n) is 9.93. The van der Waals surface area contributed by atoms with Crippen LogP contribution in [0.5, 0.6) is 0 Å². The highest BCUT2D eigenvalue weighted by Gasteiger charge is 2.46. The summed E-state index contributed by atoms with van der Waals surface area (Å²) in [7, 11) is 0. The van der Waals surface area contributed by atoms with Crippen molar-refractivity contribution < 1.29 is 9.59 Å². The van der Waals surface area contributed by atoms with Gasteiger partial charge in [-0.2, -0.15) is 0 Å². The van der Waals surface area contributed by atoms with E-state index in [1.165, 1.54) is 22.9 Å². The van der Waals surface area contributed by atoms with Gasteiger partial charge in [-0.1, -0.05) is 36.0 Å². The number of aryl methyl sites for hydroxylation is 3. The number of para-hydroxylation sites is 1. The van der Waals surface area contributed by atoms with E-state index in [0.29, 0.717) is 0 Å². The Kier molecular flexibility index (Phi) is 5.46. The summed E-state index contributed by atoms with van der Waals surface area (Å²) in [6, 6.07) is 13.9. The number of benzene rings is 2. The topological polar surface area (TPSA) is 61.8 Å². The van der Waals surface area contributed by atoms with Crippen LogP contribution in [0.2, 0.25) is 0 Å². The number of thioether (sulfide) groups is 1. The molecule has 1 aliphatic heterocycles. The minimum atomic E-state index is -0.426. The van der Waals surface area contributed by atoms with Crippen molar-refractivity contribution >= 4 is 40.1 Å². The fraction of sp³-hybridized carbons (Fsp3) is 0.348. The summed E-state index contributed by atoms with van der Waals surface area (Å²) in [5, 5.41) is 3.22. The van der Waals surface area contributed by atoms with Gasteiger partial charge in [-0.15, -0.1) is 0 Å². The molecule has 0 unspecified atom stereocenters. The fourth-order valence-electron chi connectivity index (χ4n) is 3.35. The van der Waals surface area contributed by atoms with Crippen molar-refractivity contribution in [3.05, 3.63) is 59.2 Å². The van der Waals surface area contributed by atoms with Crippen LogP contribution in [-0.4, -0.2) is 33.2 Å². The monoisotopic (exact) mass is 407 g/mol. The second kappa shape index (κ2) is 8.03. The number of rotatable bonds is 5. The Morgan fingerprint density at radius 2 is 1.86 bits per heavy atom. The number of anilines is 1. The van der Waals surface area contributed by atoms with Gasteiger partial charge in [0.1, 0.15) is 5.25 Å². The molecule has 5 nitrogen and oxygen atoms in total. The molecule has 2 fully saturated rings. The van der Waals surface area contributed by atoms with Crippen molar-refractivity contribution in [2.24, 2.45) is 4.99 Å². The van der Waals surface area contributed by atoms with E-state index in [4.69, 9.17) is 4.99 Å². The second-order valence-corrected chi connectivity index (χ2v) is 8.95. The van der Waals surface area contributed by atoms with Gasteiger partial charge in [0.25, 0.3) is 0 Å². The number of amidine groups is 1. The molecule has 1 N–H and O–H groups in total. The third-order valence-corrected chi connectivity index (χ3v) is 6.54. The zero-order valence-electron chi connectivity index (χ0n) is 16.9. The Bertz CT molecular complexity index is 997. The van der Waals surface area contributed by atoms with Crippen LogP contribution in [0.1, 0.15) is 36.0 Å². The van der Waals surface area contributed by atoms with Crippen LogP contribution in [-0.2, 0) is 9.59 Å². The van der Waals surface area contributed by atoms with Crippen molar-refractivity contribution in [2.75, 3.05) is 5.32 Å². The van der Waals surface area contributed by atoms with E-state index in [2.05, 4.69) is 19.2 Å². The number of aliphatic imine (C=N–C) groups is 1. The van der Waals surface area contributed by atoms with Gasteiger partial charge in [0.2, 0.25) is 11.8 Å². The Morgan fingerprint density at radius 1 is 1.10 bits per heavy atom. The smallest absolute Gasteiger partial charge is 0.242 e. The van der Waals surface area contributed by atoms with Crippen LogP contribution < -0.4 is 5.32 Å². The molecule has 1 heterocycles. The molecule has 29 heavy (non-hydrogen) atoms. The summed E-state index contributed by atoms with van der Waals surface area (Å²) in [6.07, 6.45) is 2.15. The minimum Gasteiger partial charge on any atom is -0.326 e.